The van der Waals surface area contributed by atoms with Gasteiger partial charge in [-0.2, -0.15) is 0 Å². The van der Waals surface area contributed by atoms with Gasteiger partial charge in [-0.15, -0.1) is 12.4 Å². The molecule has 2 aromatic rings. The Kier molecular flexibility index (Phi) is 9.76. The monoisotopic (exact) mass is 514 g/mol. The van der Waals surface area contributed by atoms with Crippen LogP contribution in [-0.2, 0) is 22.9 Å². The van der Waals surface area contributed by atoms with Crippen LogP contribution >= 0.6 is 24.0 Å². The third kappa shape index (κ3) is 7.97. The maximum Gasteiger partial charge on any atom is 0.241 e. The SMILES string of the molecule is CC1(C)CCc2cc(C(=O)CCCCNCCc3cccc(Cl)c3)cc(S(N)(=O)=O)c2O1.Cl. The second-order valence-corrected chi connectivity index (χ2v) is 10.8. The van der Waals surface area contributed by atoms with Crippen LogP contribution in [0.1, 0.15) is 61.0 Å². The van der Waals surface area contributed by atoms with Gasteiger partial charge in [-0.25, -0.2) is 13.6 Å². The number of ether oxygens (including phenoxy) is 1. The Labute approximate surface area is 207 Å². The van der Waals surface area contributed by atoms with Crippen LogP contribution in [0.15, 0.2) is 41.3 Å². The molecule has 0 bridgehead atoms. The number of halogens is 2. The fraction of sp³-hybridized carbons (Fsp3) is 0.458. The highest BCUT2D eigenvalue weighted by atomic mass is 35.5. The number of primary sulfonamides is 1. The lowest BCUT2D eigenvalue weighted by atomic mass is 9.92. The highest BCUT2D eigenvalue weighted by Gasteiger charge is 2.32. The van der Waals surface area contributed by atoms with Crippen LogP contribution in [0.25, 0.3) is 0 Å². The van der Waals surface area contributed by atoms with Crippen LogP contribution < -0.4 is 15.2 Å². The third-order valence-electron chi connectivity index (χ3n) is 5.62. The predicted molar refractivity (Wildman–Crippen MR) is 134 cm³/mol. The molecule has 1 heterocycles. The first-order valence-corrected chi connectivity index (χ1v) is 12.8. The molecular weight excluding hydrogens is 483 g/mol. The molecule has 0 saturated heterocycles. The highest BCUT2D eigenvalue weighted by Crippen LogP contribution is 2.38. The number of sulfonamides is 1. The van der Waals surface area contributed by atoms with E-state index >= 15 is 0 Å². The quantitative estimate of drug-likeness (QED) is 0.353. The fourth-order valence-electron chi connectivity index (χ4n) is 3.83. The zero-order chi connectivity index (χ0) is 23.4. The molecule has 33 heavy (non-hydrogen) atoms. The molecule has 3 N–H and O–H groups in total. The van der Waals surface area contributed by atoms with Crippen molar-refractivity contribution in [2.75, 3.05) is 13.1 Å². The number of aryl methyl sites for hydroxylation is 1. The Morgan fingerprint density at radius 1 is 1.18 bits per heavy atom. The zero-order valence-electron chi connectivity index (χ0n) is 19.0. The molecule has 0 radical (unpaired) electrons. The molecule has 9 heteroatoms. The van der Waals surface area contributed by atoms with Crippen molar-refractivity contribution in [3.8, 4) is 5.75 Å². The van der Waals surface area contributed by atoms with Gasteiger partial charge < -0.3 is 10.1 Å². The smallest absolute Gasteiger partial charge is 0.241 e. The zero-order valence-corrected chi connectivity index (χ0v) is 21.4. The number of benzene rings is 2. The molecule has 6 nitrogen and oxygen atoms in total. The molecular formula is C24H32Cl2N2O4S. The number of unbranched alkanes of at least 4 members (excludes halogenated alkanes) is 1. The summed E-state index contributed by atoms with van der Waals surface area (Å²) in [6, 6.07) is 10.9. The van der Waals surface area contributed by atoms with Gasteiger partial charge in [0.1, 0.15) is 16.2 Å². The lowest BCUT2D eigenvalue weighted by molar-refractivity contribution is 0.0805. The number of nitrogens with one attached hydrogen (secondary N) is 1. The summed E-state index contributed by atoms with van der Waals surface area (Å²) >= 11 is 5.99. The standard InChI is InChI=1S/C24H31ClN2O4S.ClH/c1-24(2)11-9-18-15-19(16-22(23(18)31-24)32(26,29)30)21(28)8-3-4-12-27-13-10-17-6-5-7-20(25)14-17;/h5-7,14-16,27H,3-4,8-13H2,1-2H3,(H2,26,29,30);1H. The predicted octanol–water partition coefficient (Wildman–Crippen LogP) is 4.70. The van der Waals surface area contributed by atoms with Gasteiger partial charge >= 0.3 is 0 Å². The number of Topliss-reactive ketones (excluding diaryl/α,β-unsaturated/α-hetero) is 1. The number of fused-ring (bicyclic) bond motifs is 1. The van der Waals surface area contributed by atoms with E-state index in [9.17, 15) is 13.2 Å². The van der Waals surface area contributed by atoms with Crippen LogP contribution in [0.5, 0.6) is 5.75 Å². The molecule has 0 unspecified atom stereocenters. The number of rotatable bonds is 10. The Morgan fingerprint density at radius 3 is 2.64 bits per heavy atom. The van der Waals surface area contributed by atoms with Gasteiger partial charge in [0.2, 0.25) is 10.0 Å². The van der Waals surface area contributed by atoms with Crippen molar-refractivity contribution in [3.63, 3.8) is 0 Å². The molecule has 0 saturated carbocycles. The largest absolute Gasteiger partial charge is 0.486 e. The summed E-state index contributed by atoms with van der Waals surface area (Å²) in [6.45, 7) is 5.46. The van der Waals surface area contributed by atoms with Gasteiger partial charge in [-0.05, 0) is 94.4 Å². The molecule has 3 rings (SSSR count). The van der Waals surface area contributed by atoms with Crippen LogP contribution in [0, 0.1) is 0 Å². The number of carbonyl (C=O) groups excluding carboxylic acids is 1. The molecule has 2 aromatic carbocycles. The van der Waals surface area contributed by atoms with E-state index in [0.29, 0.717) is 24.8 Å². The van der Waals surface area contributed by atoms with Crippen molar-refractivity contribution in [1.29, 1.82) is 0 Å². The van der Waals surface area contributed by atoms with Crippen molar-refractivity contribution in [3.05, 3.63) is 58.1 Å². The maximum absolute atomic E-state index is 12.7. The number of carbonyl (C=O) groups is 1. The molecule has 0 atom stereocenters. The molecule has 1 aliphatic rings. The summed E-state index contributed by atoms with van der Waals surface area (Å²) in [5, 5.41) is 9.54. The van der Waals surface area contributed by atoms with Crippen molar-refractivity contribution in [1.82, 2.24) is 5.32 Å². The molecule has 0 spiro atoms. The van der Waals surface area contributed by atoms with Gasteiger partial charge in [0.15, 0.2) is 5.78 Å². The minimum Gasteiger partial charge on any atom is -0.486 e. The van der Waals surface area contributed by atoms with E-state index in [4.69, 9.17) is 21.5 Å². The van der Waals surface area contributed by atoms with Gasteiger partial charge in [-0.1, -0.05) is 23.7 Å². The molecule has 182 valence electrons. The van der Waals surface area contributed by atoms with E-state index in [1.54, 1.807) is 6.07 Å². The van der Waals surface area contributed by atoms with E-state index < -0.39 is 15.6 Å². The summed E-state index contributed by atoms with van der Waals surface area (Å²) in [4.78, 5) is 12.6. The van der Waals surface area contributed by atoms with Crippen molar-refractivity contribution in [2.45, 2.75) is 62.9 Å². The van der Waals surface area contributed by atoms with Gasteiger partial charge in [0, 0.05) is 17.0 Å². The van der Waals surface area contributed by atoms with E-state index in [2.05, 4.69) is 5.32 Å². The second-order valence-electron chi connectivity index (χ2n) is 8.88. The average Bonchev–Trinajstić information content (AvgIpc) is 2.71. The summed E-state index contributed by atoms with van der Waals surface area (Å²) in [7, 11) is -4.01. The van der Waals surface area contributed by atoms with Crippen LogP contribution in [0.2, 0.25) is 5.02 Å². The Hall–Kier alpha value is -1.64. The lowest BCUT2D eigenvalue weighted by Crippen LogP contribution is -2.34. The molecule has 1 aliphatic heterocycles. The molecule has 0 aliphatic carbocycles. The number of nitrogens with two attached hydrogens (primary N) is 1. The summed E-state index contributed by atoms with van der Waals surface area (Å²) in [5.74, 6) is 0.200. The number of hydrogen-bond donors (Lipinski definition) is 2. The Morgan fingerprint density at radius 2 is 1.94 bits per heavy atom. The van der Waals surface area contributed by atoms with E-state index in [0.717, 1.165) is 42.9 Å². The van der Waals surface area contributed by atoms with Crippen molar-refractivity contribution < 1.29 is 17.9 Å². The van der Waals surface area contributed by atoms with Crippen molar-refractivity contribution in [2.24, 2.45) is 5.14 Å². The molecule has 0 aromatic heterocycles. The number of hydrogen-bond acceptors (Lipinski definition) is 5. The van der Waals surface area contributed by atoms with E-state index in [1.165, 1.54) is 11.6 Å². The molecule has 0 fully saturated rings. The minimum absolute atomic E-state index is 0. The second kappa shape index (κ2) is 11.7. The maximum atomic E-state index is 12.7. The van der Waals surface area contributed by atoms with Crippen LogP contribution in [0.3, 0.4) is 0 Å². The van der Waals surface area contributed by atoms with Gasteiger partial charge in [-0.3, -0.25) is 4.79 Å². The van der Waals surface area contributed by atoms with Gasteiger partial charge in [0.25, 0.3) is 0 Å². The fourth-order valence-corrected chi connectivity index (χ4v) is 4.76. The Bertz CT molecular complexity index is 1090. The number of ketones is 1. The highest BCUT2D eigenvalue weighted by molar-refractivity contribution is 7.89. The van der Waals surface area contributed by atoms with Gasteiger partial charge in [0.05, 0.1) is 0 Å². The average molecular weight is 516 g/mol. The Balaban J connectivity index is 0.00000385. The summed E-state index contributed by atoms with van der Waals surface area (Å²) in [6.07, 6.45) is 4.19. The summed E-state index contributed by atoms with van der Waals surface area (Å²) < 4.78 is 30.2. The summed E-state index contributed by atoms with van der Waals surface area (Å²) in [5.41, 5.74) is 1.81. The first kappa shape index (κ1) is 27.6. The molecule has 0 amide bonds. The first-order valence-electron chi connectivity index (χ1n) is 10.9. The third-order valence-corrected chi connectivity index (χ3v) is 6.77. The van der Waals surface area contributed by atoms with Crippen molar-refractivity contribution >= 4 is 39.8 Å². The minimum atomic E-state index is -4.01. The normalized spacial score (nSPS) is 14.7. The van der Waals surface area contributed by atoms with Crippen LogP contribution in [0.4, 0.5) is 0 Å². The first-order chi connectivity index (χ1) is 15.0. The van der Waals surface area contributed by atoms with E-state index in [1.807, 2.05) is 38.1 Å². The van der Waals surface area contributed by atoms with Crippen LogP contribution in [-0.4, -0.2) is 32.9 Å². The van der Waals surface area contributed by atoms with E-state index in [-0.39, 0.29) is 28.8 Å². The topological polar surface area (TPSA) is 98.5 Å². The lowest BCUT2D eigenvalue weighted by Gasteiger charge is -2.33.